The van der Waals surface area contributed by atoms with Crippen molar-refractivity contribution in [2.45, 2.75) is 20.3 Å². The van der Waals surface area contributed by atoms with Crippen LogP contribution in [0.1, 0.15) is 41.0 Å². The average molecular weight is 402 g/mol. The normalized spacial score (nSPS) is 10.5. The number of amides is 2. The highest BCUT2D eigenvalue weighted by molar-refractivity contribution is 6.06. The van der Waals surface area contributed by atoms with Gasteiger partial charge in [-0.05, 0) is 60.9 Å². The fourth-order valence-corrected chi connectivity index (χ4v) is 2.81. The SMILES string of the molecule is CC(C)CCOc1cccc(C(=O)Nc2cccc(NC(=O)c3ccccc3)c2)c1. The third kappa shape index (κ3) is 6.21. The molecule has 2 N–H and O–H groups in total. The lowest BCUT2D eigenvalue weighted by atomic mass is 10.1. The number of nitrogens with one attached hydrogen (secondary N) is 2. The molecule has 0 saturated carbocycles. The van der Waals surface area contributed by atoms with Gasteiger partial charge in [-0.15, -0.1) is 0 Å². The Morgan fingerprint density at radius 3 is 2.03 bits per heavy atom. The summed E-state index contributed by atoms with van der Waals surface area (Å²) in [5, 5.41) is 5.71. The lowest BCUT2D eigenvalue weighted by Crippen LogP contribution is -2.14. The van der Waals surface area contributed by atoms with E-state index in [0.717, 1.165) is 6.42 Å². The van der Waals surface area contributed by atoms with Crippen LogP contribution in [0.5, 0.6) is 5.75 Å². The molecule has 0 aromatic heterocycles. The molecule has 0 aliphatic heterocycles. The van der Waals surface area contributed by atoms with Gasteiger partial charge in [-0.3, -0.25) is 9.59 Å². The third-order valence-electron chi connectivity index (χ3n) is 4.47. The molecule has 0 aliphatic carbocycles. The molecule has 30 heavy (non-hydrogen) atoms. The van der Waals surface area contributed by atoms with E-state index in [1.54, 1.807) is 54.6 Å². The van der Waals surface area contributed by atoms with Crippen molar-refractivity contribution in [3.05, 3.63) is 90.0 Å². The van der Waals surface area contributed by atoms with E-state index >= 15 is 0 Å². The van der Waals surface area contributed by atoms with Crippen LogP contribution in [-0.2, 0) is 0 Å². The monoisotopic (exact) mass is 402 g/mol. The van der Waals surface area contributed by atoms with E-state index in [1.165, 1.54) is 0 Å². The van der Waals surface area contributed by atoms with Gasteiger partial charge in [0, 0.05) is 22.5 Å². The summed E-state index contributed by atoms with van der Waals surface area (Å²) >= 11 is 0. The second-order valence-electron chi connectivity index (χ2n) is 7.41. The number of carbonyl (C=O) groups excluding carboxylic acids is 2. The molecule has 154 valence electrons. The van der Waals surface area contributed by atoms with E-state index in [0.29, 0.717) is 40.8 Å². The Hall–Kier alpha value is -3.60. The summed E-state index contributed by atoms with van der Waals surface area (Å²) in [4.78, 5) is 25.0. The van der Waals surface area contributed by atoms with Crippen molar-refractivity contribution in [2.24, 2.45) is 5.92 Å². The molecule has 5 nitrogen and oxygen atoms in total. The van der Waals surface area contributed by atoms with Crippen molar-refractivity contribution in [3.8, 4) is 5.75 Å². The minimum absolute atomic E-state index is 0.203. The molecule has 0 atom stereocenters. The van der Waals surface area contributed by atoms with Crippen molar-refractivity contribution >= 4 is 23.2 Å². The van der Waals surface area contributed by atoms with Crippen LogP contribution in [0.3, 0.4) is 0 Å². The summed E-state index contributed by atoms with van der Waals surface area (Å²) in [5.41, 5.74) is 2.28. The second-order valence-corrected chi connectivity index (χ2v) is 7.41. The van der Waals surface area contributed by atoms with E-state index < -0.39 is 0 Å². The van der Waals surface area contributed by atoms with Gasteiger partial charge >= 0.3 is 0 Å². The highest BCUT2D eigenvalue weighted by Gasteiger charge is 2.10. The predicted molar refractivity (Wildman–Crippen MR) is 120 cm³/mol. The first-order valence-electron chi connectivity index (χ1n) is 10.0. The van der Waals surface area contributed by atoms with Crippen molar-refractivity contribution in [1.82, 2.24) is 0 Å². The molecule has 3 aromatic rings. The van der Waals surface area contributed by atoms with Crippen LogP contribution in [0.4, 0.5) is 11.4 Å². The van der Waals surface area contributed by atoms with Gasteiger partial charge in [0.2, 0.25) is 0 Å². The molecular weight excluding hydrogens is 376 g/mol. The molecule has 3 rings (SSSR count). The summed E-state index contributed by atoms with van der Waals surface area (Å²) in [6.45, 7) is 4.90. The Morgan fingerprint density at radius 2 is 1.37 bits per heavy atom. The van der Waals surface area contributed by atoms with Gasteiger partial charge in [-0.2, -0.15) is 0 Å². The Bertz CT molecular complexity index is 1000. The van der Waals surface area contributed by atoms with Crippen LogP contribution in [-0.4, -0.2) is 18.4 Å². The van der Waals surface area contributed by atoms with Gasteiger partial charge < -0.3 is 15.4 Å². The Balaban J connectivity index is 1.63. The Morgan fingerprint density at radius 1 is 0.767 bits per heavy atom. The minimum Gasteiger partial charge on any atom is -0.494 e. The largest absolute Gasteiger partial charge is 0.494 e. The van der Waals surface area contributed by atoms with E-state index in [4.69, 9.17) is 4.74 Å². The van der Waals surface area contributed by atoms with Gasteiger partial charge in [0.1, 0.15) is 5.75 Å². The molecule has 2 amide bonds. The summed E-state index contributed by atoms with van der Waals surface area (Å²) < 4.78 is 5.74. The van der Waals surface area contributed by atoms with Crippen LogP contribution in [0.2, 0.25) is 0 Å². The van der Waals surface area contributed by atoms with Crippen LogP contribution in [0.25, 0.3) is 0 Å². The maximum atomic E-state index is 12.6. The molecule has 0 fully saturated rings. The Kier molecular flexibility index (Phi) is 7.22. The van der Waals surface area contributed by atoms with Gasteiger partial charge in [0.05, 0.1) is 6.61 Å². The van der Waals surface area contributed by atoms with Crippen molar-refractivity contribution < 1.29 is 14.3 Å². The standard InChI is InChI=1S/C25H26N2O3/c1-18(2)14-15-30-23-13-6-10-20(16-23)25(29)27-22-12-7-11-21(17-22)26-24(28)19-8-4-3-5-9-19/h3-13,16-18H,14-15H2,1-2H3,(H,26,28)(H,27,29). The van der Waals surface area contributed by atoms with E-state index in [2.05, 4.69) is 24.5 Å². The van der Waals surface area contributed by atoms with Gasteiger partial charge in [0.25, 0.3) is 11.8 Å². The number of carbonyl (C=O) groups is 2. The summed E-state index contributed by atoms with van der Waals surface area (Å²) in [6, 6.07) is 23.2. The zero-order valence-electron chi connectivity index (χ0n) is 17.2. The summed E-state index contributed by atoms with van der Waals surface area (Å²) in [5.74, 6) is 0.791. The molecule has 0 aliphatic rings. The minimum atomic E-state index is -0.240. The van der Waals surface area contributed by atoms with Crippen molar-refractivity contribution in [3.63, 3.8) is 0 Å². The zero-order valence-corrected chi connectivity index (χ0v) is 17.2. The van der Waals surface area contributed by atoms with Crippen molar-refractivity contribution in [1.29, 1.82) is 0 Å². The van der Waals surface area contributed by atoms with Crippen molar-refractivity contribution in [2.75, 3.05) is 17.2 Å². The number of benzene rings is 3. The first-order valence-corrected chi connectivity index (χ1v) is 10.0. The molecule has 0 spiro atoms. The zero-order chi connectivity index (χ0) is 21.3. The lowest BCUT2D eigenvalue weighted by Gasteiger charge is -2.11. The van der Waals surface area contributed by atoms with Crippen LogP contribution < -0.4 is 15.4 Å². The first kappa shape index (κ1) is 21.1. The molecule has 0 heterocycles. The molecule has 0 unspecified atom stereocenters. The molecular formula is C25H26N2O3. The predicted octanol–water partition coefficient (Wildman–Crippen LogP) is 5.62. The maximum absolute atomic E-state index is 12.6. The van der Waals surface area contributed by atoms with Gasteiger partial charge in [0.15, 0.2) is 0 Å². The first-order chi connectivity index (χ1) is 14.5. The number of hydrogen-bond donors (Lipinski definition) is 2. The highest BCUT2D eigenvalue weighted by atomic mass is 16.5. The molecule has 5 heteroatoms. The molecule has 3 aromatic carbocycles. The van der Waals surface area contributed by atoms with Crippen LogP contribution in [0, 0.1) is 5.92 Å². The third-order valence-corrected chi connectivity index (χ3v) is 4.47. The lowest BCUT2D eigenvalue weighted by molar-refractivity contribution is 0.101. The molecule has 0 bridgehead atoms. The molecule has 0 saturated heterocycles. The fourth-order valence-electron chi connectivity index (χ4n) is 2.81. The number of anilines is 2. The van der Waals surface area contributed by atoms with Crippen LogP contribution in [0.15, 0.2) is 78.9 Å². The van der Waals surface area contributed by atoms with Gasteiger partial charge in [-0.25, -0.2) is 0 Å². The summed E-state index contributed by atoms with van der Waals surface area (Å²) in [7, 11) is 0. The van der Waals surface area contributed by atoms with E-state index in [-0.39, 0.29) is 11.8 Å². The maximum Gasteiger partial charge on any atom is 0.255 e. The quantitative estimate of drug-likeness (QED) is 0.514. The topological polar surface area (TPSA) is 67.4 Å². The molecule has 0 radical (unpaired) electrons. The van der Waals surface area contributed by atoms with Gasteiger partial charge in [-0.1, -0.05) is 44.2 Å². The van der Waals surface area contributed by atoms with E-state index in [9.17, 15) is 9.59 Å². The average Bonchev–Trinajstić information content (AvgIpc) is 2.74. The summed E-state index contributed by atoms with van der Waals surface area (Å²) in [6.07, 6.45) is 0.956. The second kappa shape index (κ2) is 10.3. The van der Waals surface area contributed by atoms with E-state index in [1.807, 2.05) is 24.3 Å². The van der Waals surface area contributed by atoms with Crippen LogP contribution >= 0.6 is 0 Å². The fraction of sp³-hybridized carbons (Fsp3) is 0.200. The smallest absolute Gasteiger partial charge is 0.255 e. The number of rotatable bonds is 8. The highest BCUT2D eigenvalue weighted by Crippen LogP contribution is 2.19. The number of hydrogen-bond acceptors (Lipinski definition) is 3. The Labute approximate surface area is 177 Å². The number of ether oxygens (including phenoxy) is 1.